The molecule has 0 spiro atoms. The van der Waals surface area contributed by atoms with Crippen molar-refractivity contribution >= 4 is 55.4 Å². The van der Waals surface area contributed by atoms with Gasteiger partial charge < -0.3 is 80.4 Å². The number of hydrogen-bond donors (Lipinski definition) is 3. The zero-order valence-corrected chi connectivity index (χ0v) is 65.6. The number of aliphatic hydroxyl groups excluding tert-OH is 3. The minimum absolute atomic E-state index is 0. The Bertz CT molecular complexity index is 1690. The fourth-order valence-corrected chi connectivity index (χ4v) is 8.10. The third-order valence-corrected chi connectivity index (χ3v) is 14.1. The Kier molecular flexibility index (Phi) is 65.3. The zero-order valence-electron chi connectivity index (χ0n) is 60.5. The normalized spacial score (nSPS) is 15.1. The maximum atomic E-state index is 11.7. The number of ether oxygens (including phenoxy) is 9. The van der Waals surface area contributed by atoms with Crippen LogP contribution in [0.5, 0.6) is 0 Å². The average molecular weight is 1430 g/mol. The van der Waals surface area contributed by atoms with Crippen LogP contribution >= 0.6 is 0 Å². The van der Waals surface area contributed by atoms with E-state index in [0.29, 0.717) is 25.9 Å². The van der Waals surface area contributed by atoms with Crippen LogP contribution in [-0.2, 0) is 99.1 Å². The van der Waals surface area contributed by atoms with Crippen LogP contribution in [0.2, 0.25) is 58.9 Å². The van der Waals surface area contributed by atoms with Gasteiger partial charge in [0.2, 0.25) is 0 Å². The van der Waals surface area contributed by atoms with E-state index >= 15 is 0 Å². The maximum absolute atomic E-state index is 11.7. The molecular weight excluding hydrogens is 1300 g/mol. The second-order valence-electron chi connectivity index (χ2n) is 27.3. The number of carbonyl (C=O) groups excluding carboxylic acids is 5. The van der Waals surface area contributed by atoms with E-state index in [9.17, 15) is 24.0 Å². The van der Waals surface area contributed by atoms with E-state index in [0.717, 1.165) is 6.61 Å². The molecule has 0 aromatic carbocycles. The van der Waals surface area contributed by atoms with E-state index in [1.165, 1.54) is 95.9 Å². The number of epoxide rings is 1. The van der Waals surface area contributed by atoms with Crippen molar-refractivity contribution in [2.75, 3.05) is 79.0 Å². The van der Waals surface area contributed by atoms with E-state index in [4.69, 9.17) is 61.8 Å². The molecule has 0 bridgehead atoms. The summed E-state index contributed by atoms with van der Waals surface area (Å²) in [7, 11) is -4.59. The molecule has 2 radical (unpaired) electrons. The van der Waals surface area contributed by atoms with Crippen LogP contribution in [0.1, 0.15) is 176 Å². The maximum Gasteiger partial charge on any atom is 0.508 e. The molecule has 0 aromatic heterocycles. The molecule has 8 unspecified atom stereocenters. The molecule has 0 aliphatic carbocycles. The molecule has 1 heterocycles. The van der Waals surface area contributed by atoms with Crippen LogP contribution in [0.3, 0.4) is 0 Å². The SMILES string of the molecule is CC(CO)OC(=O)OCC(C)OC(=O)C(C)(C)C.CC(CO[Si](C)(C)C)OC(=O)OCC(C)OC(=O)C(C)(C)C.CC(O)COC(=O)OC(C)CO[Si](C)(C)C.CC(O)CO[Si](C)(C)C.CC1CO1.CCCC[N+](CCCC)(CCCC)CCCC.[Co].[Co].[F-]. The van der Waals surface area contributed by atoms with Crippen molar-refractivity contribution in [2.45, 2.75) is 284 Å². The van der Waals surface area contributed by atoms with Crippen LogP contribution < -0.4 is 4.70 Å². The Labute approximate surface area is 563 Å². The van der Waals surface area contributed by atoms with Crippen LogP contribution in [0.15, 0.2) is 0 Å². The number of hydrogen-bond acceptors (Lipinski definition) is 20. The summed E-state index contributed by atoms with van der Waals surface area (Å²) in [6.45, 7) is 59.5. The molecule has 1 saturated heterocycles. The van der Waals surface area contributed by atoms with E-state index in [1.54, 1.807) is 76.2 Å². The molecule has 1 aliphatic heterocycles. The Morgan fingerprint density at radius 1 is 0.461 bits per heavy atom. The van der Waals surface area contributed by atoms with E-state index in [1.807, 2.05) is 0 Å². The average Bonchev–Trinajstić information content (AvgIpc) is 4.20. The van der Waals surface area contributed by atoms with Gasteiger partial charge in [-0.3, -0.25) is 9.59 Å². The quantitative estimate of drug-likeness (QED) is 0.0181. The smallest absolute Gasteiger partial charge is 0.508 e. The minimum Gasteiger partial charge on any atom is -1.00 e. The topological polar surface area (TPSA) is 260 Å². The molecular formula is C62H132Co2FNO20Si3. The van der Waals surface area contributed by atoms with Gasteiger partial charge in [0.05, 0.1) is 88.4 Å². The van der Waals surface area contributed by atoms with Gasteiger partial charge in [-0.1, -0.05) is 53.4 Å². The molecule has 3 N–H and O–H groups in total. The van der Waals surface area contributed by atoms with Crippen LogP contribution in [0.25, 0.3) is 0 Å². The van der Waals surface area contributed by atoms with Gasteiger partial charge in [0, 0.05) is 33.6 Å². The van der Waals surface area contributed by atoms with Crippen LogP contribution in [-0.4, -0.2) is 203 Å². The summed E-state index contributed by atoms with van der Waals surface area (Å²) in [5, 5.41) is 26.4. The first kappa shape index (κ1) is 103. The molecule has 542 valence electrons. The molecule has 1 fully saturated rings. The first-order valence-corrected chi connectivity index (χ1v) is 41.7. The van der Waals surface area contributed by atoms with Gasteiger partial charge in [0.1, 0.15) is 50.3 Å². The number of halogens is 1. The van der Waals surface area contributed by atoms with Gasteiger partial charge in [0.15, 0.2) is 25.0 Å². The van der Waals surface area contributed by atoms with Crippen molar-refractivity contribution in [1.29, 1.82) is 0 Å². The summed E-state index contributed by atoms with van der Waals surface area (Å²) < 4.78 is 62.0. The summed E-state index contributed by atoms with van der Waals surface area (Å²) >= 11 is 0. The molecule has 1 rings (SSSR count). The third kappa shape index (κ3) is 78.4. The summed E-state index contributed by atoms with van der Waals surface area (Å²) in [4.78, 5) is 56.9. The standard InChI is InChI=1S/C16H36N.C15H30O6Si.C12H22O6.C10H22O5Si.C6H16O2Si.C3H6O.2Co.FH/c1-5-9-13-17(14-10-6-2,15-11-7-3)16-12-8-4;1-11(20-13(16)15(3,4)5)9-18-14(17)21-12(2)10-19-22(6,7)8;1-8(6-13)18-11(15)16-7-9(2)17-10(14)12(3,4)5;1-8(11)6-13-10(12)15-9(2)7-14-16(3,4)5;1-6(7)5-8-9(2,3)4;1-3-2-4-3;;;/h5-16H2,1-4H3;11-12H,9-10H2,1-8H3;8-9,13H,6-7H2,1-5H3;8-9,11H,6-7H2,1-5H3;6-7H,5H2,1-4H3;3H,2H2,1H3;;;1H/q+1;;;;;;;;/p-1. The Morgan fingerprint density at radius 3 is 0.899 bits per heavy atom. The predicted molar refractivity (Wildman–Crippen MR) is 349 cm³/mol. The monoisotopic (exact) mass is 1430 g/mol. The van der Waals surface area contributed by atoms with Gasteiger partial charge in [-0.05, 0) is 182 Å². The molecule has 21 nitrogen and oxygen atoms in total. The van der Waals surface area contributed by atoms with Gasteiger partial charge in [-0.15, -0.1) is 0 Å². The number of unbranched alkanes of at least 4 members (excludes halogenated alkanes) is 4. The van der Waals surface area contributed by atoms with Crippen LogP contribution in [0.4, 0.5) is 14.4 Å². The second-order valence-corrected chi connectivity index (χ2v) is 40.9. The van der Waals surface area contributed by atoms with Gasteiger partial charge in [-0.2, -0.15) is 0 Å². The predicted octanol–water partition coefficient (Wildman–Crippen LogP) is 10.2. The van der Waals surface area contributed by atoms with E-state index in [2.05, 4.69) is 103 Å². The largest absolute Gasteiger partial charge is 1.00 e. The number of esters is 2. The molecule has 0 saturated carbocycles. The molecule has 8 atom stereocenters. The molecule has 1 aliphatic rings. The van der Waals surface area contributed by atoms with Crippen molar-refractivity contribution in [3.63, 3.8) is 0 Å². The Morgan fingerprint density at radius 2 is 0.697 bits per heavy atom. The summed E-state index contributed by atoms with van der Waals surface area (Å²) in [6, 6.07) is 0. The van der Waals surface area contributed by atoms with Gasteiger partial charge >= 0.3 is 30.4 Å². The molecule has 27 heteroatoms. The third-order valence-electron chi connectivity index (χ3n) is 11.0. The molecule has 89 heavy (non-hydrogen) atoms. The summed E-state index contributed by atoms with van der Waals surface area (Å²) in [5.41, 5.74) is -1.18. The number of rotatable bonds is 33. The van der Waals surface area contributed by atoms with Crippen molar-refractivity contribution in [2.24, 2.45) is 10.8 Å². The second kappa shape index (κ2) is 56.4. The molecule has 0 amide bonds. The summed E-state index contributed by atoms with van der Waals surface area (Å²) in [5.74, 6) is -0.704. The van der Waals surface area contributed by atoms with E-state index in [-0.39, 0.29) is 94.9 Å². The Hall–Kier alpha value is -1.98. The van der Waals surface area contributed by atoms with Crippen molar-refractivity contribution in [1.82, 2.24) is 0 Å². The van der Waals surface area contributed by atoms with Gasteiger partial charge in [-0.25, -0.2) is 14.4 Å². The number of quaternary nitrogens is 1. The minimum atomic E-state index is -1.63. The number of aliphatic hydroxyl groups is 3. The fraction of sp³-hybridized carbons (Fsp3) is 0.919. The van der Waals surface area contributed by atoms with Gasteiger partial charge in [0.25, 0.3) is 0 Å². The van der Waals surface area contributed by atoms with E-state index < -0.39 is 78.7 Å². The Balaban J connectivity index is -0.000000152. The van der Waals surface area contributed by atoms with Crippen molar-refractivity contribution in [3.8, 4) is 0 Å². The van der Waals surface area contributed by atoms with Crippen molar-refractivity contribution < 1.29 is 138 Å². The fourth-order valence-electron chi connectivity index (χ4n) is 5.89. The number of nitrogens with zero attached hydrogens (tertiary/aromatic N) is 1. The molecule has 0 aromatic rings. The summed E-state index contributed by atoms with van der Waals surface area (Å²) in [6.07, 6.45) is 5.78. The number of carbonyl (C=O) groups is 5. The van der Waals surface area contributed by atoms with Crippen LogP contribution in [0, 0.1) is 10.8 Å². The first-order chi connectivity index (χ1) is 39.2. The zero-order chi connectivity index (χ0) is 68.1. The van der Waals surface area contributed by atoms with Crippen molar-refractivity contribution in [3.05, 3.63) is 0 Å². The first-order valence-electron chi connectivity index (χ1n) is 31.5.